The molecule has 4 aliphatic rings. The van der Waals surface area contributed by atoms with Gasteiger partial charge >= 0.3 is 11.9 Å². The van der Waals surface area contributed by atoms with Gasteiger partial charge in [0.25, 0.3) is 5.24 Å². The summed E-state index contributed by atoms with van der Waals surface area (Å²) in [6.45, 7) is 17.7. The first-order valence-corrected chi connectivity index (χ1v) is 28.5. The van der Waals surface area contributed by atoms with Gasteiger partial charge in [0, 0.05) is 44.6 Å². The molecular formula is C57H100N2O5S. The van der Waals surface area contributed by atoms with Crippen molar-refractivity contribution in [1.82, 2.24) is 9.80 Å². The van der Waals surface area contributed by atoms with Crippen molar-refractivity contribution in [3.63, 3.8) is 0 Å². The molecular weight excluding hydrogens is 825 g/mol. The standard InChI is InChI=1S/C57H100N2O5S/c1-9-10-11-12-13-20-25-42-63-53(60)29-21-16-14-18-23-39-59(55(62)65-43-41-58(7)8)40-24-19-15-17-22-30-54(61)64-48-35-37-56(5)47(44-48)31-32-49-51-34-33-50(46(4)28-26-27-45(2)3)57(51,6)38-36-52(49)56/h20,25,31,45-46,48-52H,9-19,21-24,26-30,32-44H2,1-8H3/b25-20-/t46-,48+,49?,50-,51?,52?,56+,57-/m1/s1. The summed E-state index contributed by atoms with van der Waals surface area (Å²) in [6, 6.07) is 0. The molecule has 0 N–H and O–H groups in total. The van der Waals surface area contributed by atoms with E-state index in [0.29, 0.717) is 24.9 Å². The van der Waals surface area contributed by atoms with E-state index in [0.717, 1.165) is 144 Å². The molecule has 8 heteroatoms. The molecule has 3 fully saturated rings. The fourth-order valence-corrected chi connectivity index (χ4v) is 14.0. The summed E-state index contributed by atoms with van der Waals surface area (Å²) in [5.41, 5.74) is 2.40. The number of allylic oxidation sites excluding steroid dienone is 2. The van der Waals surface area contributed by atoms with Gasteiger partial charge in [-0.1, -0.05) is 154 Å². The highest BCUT2D eigenvalue weighted by Gasteiger charge is 2.59. The van der Waals surface area contributed by atoms with Gasteiger partial charge in [-0.05, 0) is 144 Å². The largest absolute Gasteiger partial charge is 0.462 e. The number of amides is 1. The average molecular weight is 926 g/mol. The lowest BCUT2D eigenvalue weighted by molar-refractivity contribution is -0.151. The average Bonchev–Trinajstić information content (AvgIpc) is 3.63. The minimum absolute atomic E-state index is 0.0106. The van der Waals surface area contributed by atoms with Gasteiger partial charge in [-0.15, -0.1) is 0 Å². The van der Waals surface area contributed by atoms with Gasteiger partial charge in [-0.2, -0.15) is 0 Å². The lowest BCUT2D eigenvalue weighted by atomic mass is 9.47. The van der Waals surface area contributed by atoms with Crippen LogP contribution in [0.1, 0.15) is 221 Å². The Balaban J connectivity index is 1.08. The molecule has 8 atom stereocenters. The summed E-state index contributed by atoms with van der Waals surface area (Å²) >= 11 is 1.44. The van der Waals surface area contributed by atoms with E-state index in [9.17, 15) is 14.4 Å². The SMILES string of the molecule is CCCCCC/C=C\COC(=O)CCCCCCCN(CCCCCCCC(=O)O[C@H]1CC[C@@]2(C)C(=CCC3C2CC[C@@]2(C)C3CC[C@@H]2[C@H](C)CCCC(C)C)C1)C(=O)SCCN(C)C. The Kier molecular flexibility index (Phi) is 25.7. The van der Waals surface area contributed by atoms with Crippen molar-refractivity contribution in [3.05, 3.63) is 23.8 Å². The van der Waals surface area contributed by atoms with E-state index >= 15 is 0 Å². The zero-order chi connectivity index (χ0) is 47.1. The maximum Gasteiger partial charge on any atom is 0.306 e. The summed E-state index contributed by atoms with van der Waals surface area (Å²) in [4.78, 5) is 42.6. The molecule has 7 nitrogen and oxygen atoms in total. The molecule has 3 saturated carbocycles. The third-order valence-corrected chi connectivity index (χ3v) is 17.8. The summed E-state index contributed by atoms with van der Waals surface area (Å²) in [6.07, 6.45) is 38.1. The normalized spacial score (nSPS) is 26.7. The van der Waals surface area contributed by atoms with Crippen LogP contribution >= 0.6 is 11.8 Å². The molecule has 1 amide bonds. The molecule has 0 saturated heterocycles. The number of carbonyl (C=O) groups excluding carboxylic acids is 3. The minimum atomic E-state index is -0.102. The van der Waals surface area contributed by atoms with Crippen LogP contribution in [0.2, 0.25) is 0 Å². The van der Waals surface area contributed by atoms with Crippen LogP contribution in [-0.2, 0) is 19.1 Å². The van der Waals surface area contributed by atoms with Crippen molar-refractivity contribution >= 4 is 28.9 Å². The monoisotopic (exact) mass is 925 g/mol. The van der Waals surface area contributed by atoms with E-state index in [1.165, 1.54) is 95.2 Å². The molecule has 0 aromatic carbocycles. The number of hydrogen-bond donors (Lipinski definition) is 0. The highest BCUT2D eigenvalue weighted by molar-refractivity contribution is 8.13. The van der Waals surface area contributed by atoms with Crippen LogP contribution in [0.15, 0.2) is 23.8 Å². The van der Waals surface area contributed by atoms with Gasteiger partial charge in [0.15, 0.2) is 0 Å². The Hall–Kier alpha value is -1.80. The van der Waals surface area contributed by atoms with E-state index in [4.69, 9.17) is 9.47 Å². The highest BCUT2D eigenvalue weighted by atomic mass is 32.2. The Morgan fingerprint density at radius 2 is 1.43 bits per heavy atom. The van der Waals surface area contributed by atoms with E-state index in [-0.39, 0.29) is 28.7 Å². The highest BCUT2D eigenvalue weighted by Crippen LogP contribution is 2.67. The van der Waals surface area contributed by atoms with Crippen LogP contribution in [-0.4, -0.2) is 79.2 Å². The van der Waals surface area contributed by atoms with Crippen molar-refractivity contribution in [1.29, 1.82) is 0 Å². The number of thioether (sulfide) groups is 1. The Bertz CT molecular complexity index is 1450. The second-order valence-electron chi connectivity index (χ2n) is 22.6. The molecule has 4 rings (SSSR count). The number of rotatable bonds is 32. The van der Waals surface area contributed by atoms with Crippen LogP contribution in [0.4, 0.5) is 4.79 Å². The van der Waals surface area contributed by atoms with E-state index < -0.39 is 0 Å². The van der Waals surface area contributed by atoms with Crippen molar-refractivity contribution in [3.8, 4) is 0 Å². The second kappa shape index (κ2) is 29.9. The summed E-state index contributed by atoms with van der Waals surface area (Å²) in [7, 11) is 4.10. The van der Waals surface area contributed by atoms with Crippen molar-refractivity contribution in [2.24, 2.45) is 46.3 Å². The second-order valence-corrected chi connectivity index (χ2v) is 23.6. The van der Waals surface area contributed by atoms with Crippen molar-refractivity contribution in [2.45, 2.75) is 227 Å². The Morgan fingerprint density at radius 3 is 2.12 bits per heavy atom. The molecule has 0 aliphatic heterocycles. The van der Waals surface area contributed by atoms with Crippen LogP contribution in [0, 0.1) is 46.3 Å². The third-order valence-electron chi connectivity index (χ3n) is 16.9. The molecule has 0 bridgehead atoms. The smallest absolute Gasteiger partial charge is 0.306 e. The molecule has 0 aromatic rings. The van der Waals surface area contributed by atoms with Gasteiger partial charge in [0.2, 0.25) is 0 Å². The van der Waals surface area contributed by atoms with E-state index in [1.807, 2.05) is 20.2 Å². The predicted molar refractivity (Wildman–Crippen MR) is 275 cm³/mol. The van der Waals surface area contributed by atoms with Gasteiger partial charge in [-0.25, -0.2) is 0 Å². The minimum Gasteiger partial charge on any atom is -0.462 e. The fraction of sp³-hybridized carbons (Fsp3) is 0.877. The summed E-state index contributed by atoms with van der Waals surface area (Å²) in [5, 5.41) is 0.195. The first-order chi connectivity index (χ1) is 31.3. The zero-order valence-electron chi connectivity index (χ0n) is 43.5. The van der Waals surface area contributed by atoms with Crippen molar-refractivity contribution < 1.29 is 23.9 Å². The number of nitrogens with zero attached hydrogens (tertiary/aromatic N) is 2. The Morgan fingerprint density at radius 1 is 0.754 bits per heavy atom. The predicted octanol–water partition coefficient (Wildman–Crippen LogP) is 15.4. The molecule has 0 aromatic heterocycles. The molecule has 0 heterocycles. The molecule has 3 unspecified atom stereocenters. The summed E-state index contributed by atoms with van der Waals surface area (Å²) in [5.74, 6) is 5.76. The number of ether oxygens (including phenoxy) is 2. The number of esters is 2. The van der Waals surface area contributed by atoms with Gasteiger partial charge in [0.05, 0.1) is 0 Å². The summed E-state index contributed by atoms with van der Waals surface area (Å²) < 4.78 is 11.6. The molecule has 0 radical (unpaired) electrons. The number of fused-ring (bicyclic) bond motifs is 5. The first kappa shape index (κ1) is 55.8. The van der Waals surface area contributed by atoms with E-state index in [2.05, 4.69) is 63.5 Å². The van der Waals surface area contributed by atoms with Gasteiger partial charge < -0.3 is 19.3 Å². The van der Waals surface area contributed by atoms with Crippen LogP contribution < -0.4 is 0 Å². The van der Waals surface area contributed by atoms with Crippen LogP contribution in [0.3, 0.4) is 0 Å². The van der Waals surface area contributed by atoms with Gasteiger partial charge in [0.1, 0.15) is 12.7 Å². The van der Waals surface area contributed by atoms with Crippen molar-refractivity contribution in [2.75, 3.05) is 46.1 Å². The zero-order valence-corrected chi connectivity index (χ0v) is 44.3. The maximum absolute atomic E-state index is 13.2. The third kappa shape index (κ3) is 18.6. The topological polar surface area (TPSA) is 76.1 Å². The number of unbranched alkanes of at least 4 members (excludes halogenated alkanes) is 12. The lowest BCUT2D eigenvalue weighted by Gasteiger charge is -2.58. The van der Waals surface area contributed by atoms with Crippen LogP contribution in [0.25, 0.3) is 0 Å². The molecule has 65 heavy (non-hydrogen) atoms. The maximum atomic E-state index is 13.2. The number of hydrogen-bond acceptors (Lipinski definition) is 7. The molecule has 0 spiro atoms. The lowest BCUT2D eigenvalue weighted by Crippen LogP contribution is -2.51. The Labute approximate surface area is 404 Å². The molecule has 374 valence electrons. The molecule has 4 aliphatic carbocycles. The van der Waals surface area contributed by atoms with Crippen LogP contribution in [0.5, 0.6) is 0 Å². The number of carbonyl (C=O) groups is 3. The first-order valence-electron chi connectivity index (χ1n) is 27.5. The van der Waals surface area contributed by atoms with E-state index in [1.54, 1.807) is 5.57 Å². The fourth-order valence-electron chi connectivity index (χ4n) is 13.0. The van der Waals surface area contributed by atoms with Gasteiger partial charge in [-0.3, -0.25) is 14.4 Å². The quantitative estimate of drug-likeness (QED) is 0.0378.